The van der Waals surface area contributed by atoms with E-state index < -0.39 is 0 Å². The van der Waals surface area contributed by atoms with E-state index in [1.807, 2.05) is 0 Å². The molecule has 0 radical (unpaired) electrons. The van der Waals surface area contributed by atoms with Crippen molar-refractivity contribution in [3.8, 4) is 0 Å². The van der Waals surface area contributed by atoms with Gasteiger partial charge in [0.25, 0.3) is 0 Å². The van der Waals surface area contributed by atoms with Crippen LogP contribution >= 0.6 is 0 Å². The first-order chi connectivity index (χ1) is 7.42. The van der Waals surface area contributed by atoms with E-state index in [4.69, 9.17) is 0 Å². The number of fused-ring (bicyclic) bond motifs is 1. The number of hydrogen-bond donors (Lipinski definition) is 0. The van der Waals surface area contributed by atoms with Crippen molar-refractivity contribution in [2.45, 2.75) is 12.5 Å². The summed E-state index contributed by atoms with van der Waals surface area (Å²) in [7, 11) is -0.0245. The molecule has 0 aromatic heterocycles. The molecule has 0 aliphatic heterocycles. The van der Waals surface area contributed by atoms with Crippen molar-refractivity contribution in [3.63, 3.8) is 0 Å². The summed E-state index contributed by atoms with van der Waals surface area (Å²) in [5, 5.41) is 2.77. The summed E-state index contributed by atoms with van der Waals surface area (Å²) in [6.45, 7) is 3.82. The van der Waals surface area contributed by atoms with Crippen molar-refractivity contribution >= 4 is 20.3 Å². The van der Waals surface area contributed by atoms with Crippen molar-refractivity contribution in [2.24, 2.45) is 0 Å². The maximum absolute atomic E-state index is 3.82. The highest BCUT2D eigenvalue weighted by Gasteiger charge is 1.98. The molecule has 0 saturated heterocycles. The summed E-state index contributed by atoms with van der Waals surface area (Å²) < 4.78 is 0. The molecular formula is C14H16Si. The molecule has 0 aliphatic carbocycles. The fraction of sp³-hybridized carbons (Fsp3) is 0.143. The molecule has 0 aliphatic rings. The summed E-state index contributed by atoms with van der Waals surface area (Å²) in [6.07, 6.45) is 1.21. The highest BCUT2D eigenvalue weighted by Crippen LogP contribution is 2.19. The third-order valence-electron chi connectivity index (χ3n) is 2.73. The molecule has 1 heteroatoms. The van der Waals surface area contributed by atoms with Crippen LogP contribution in [0.3, 0.4) is 0 Å². The van der Waals surface area contributed by atoms with Crippen LogP contribution in [0.25, 0.3) is 10.8 Å². The largest absolute Gasteiger partial charge is 0.109 e. The summed E-state index contributed by atoms with van der Waals surface area (Å²) in [5.41, 5.74) is 3.62. The Morgan fingerprint density at radius 3 is 2.73 bits per heavy atom. The van der Waals surface area contributed by atoms with Crippen LogP contribution in [0.15, 0.2) is 54.7 Å². The third kappa shape index (κ3) is 2.36. The number of rotatable bonds is 4. The van der Waals surface area contributed by atoms with Crippen LogP contribution in [0.1, 0.15) is 5.56 Å². The van der Waals surface area contributed by atoms with E-state index >= 15 is 0 Å². The Morgan fingerprint density at radius 2 is 1.87 bits per heavy atom. The second-order valence-electron chi connectivity index (χ2n) is 3.82. The van der Waals surface area contributed by atoms with Gasteiger partial charge in [-0.25, -0.2) is 0 Å². The molecule has 15 heavy (non-hydrogen) atoms. The van der Waals surface area contributed by atoms with Crippen LogP contribution in [0, 0.1) is 0 Å². The Labute approximate surface area is 93.5 Å². The summed E-state index contributed by atoms with van der Waals surface area (Å²) in [4.78, 5) is 0. The van der Waals surface area contributed by atoms with Gasteiger partial charge in [0, 0.05) is 9.52 Å². The fourth-order valence-electron chi connectivity index (χ4n) is 1.95. The molecule has 76 valence electrons. The quantitative estimate of drug-likeness (QED) is 0.539. The summed E-state index contributed by atoms with van der Waals surface area (Å²) in [5.74, 6) is 0. The standard InChI is InChI=1S/C14H16Si/c1-2-15-11-10-13-8-5-7-12-6-3-4-9-14(12)13/h2-9H,1,10-11,15H2. The van der Waals surface area contributed by atoms with E-state index in [0.29, 0.717) is 0 Å². The zero-order chi connectivity index (χ0) is 10.5. The molecule has 0 spiro atoms. The zero-order valence-corrected chi connectivity index (χ0v) is 10.4. The van der Waals surface area contributed by atoms with Gasteiger partial charge in [0.15, 0.2) is 0 Å². The van der Waals surface area contributed by atoms with E-state index in [-0.39, 0.29) is 9.52 Å². The van der Waals surface area contributed by atoms with E-state index in [9.17, 15) is 0 Å². The van der Waals surface area contributed by atoms with Crippen molar-refractivity contribution < 1.29 is 0 Å². The number of hydrogen-bond acceptors (Lipinski definition) is 0. The molecule has 2 aromatic rings. The SMILES string of the molecule is C=C[SiH2]CCc1cccc2ccccc12. The molecular weight excluding hydrogens is 196 g/mol. The van der Waals surface area contributed by atoms with Crippen LogP contribution in [-0.2, 0) is 6.42 Å². The van der Waals surface area contributed by atoms with E-state index in [2.05, 4.69) is 54.7 Å². The maximum Gasteiger partial charge on any atom is 0.0449 e. The molecule has 2 rings (SSSR count). The van der Waals surface area contributed by atoms with Crippen LogP contribution in [0.4, 0.5) is 0 Å². The molecule has 0 bridgehead atoms. The lowest BCUT2D eigenvalue weighted by molar-refractivity contribution is 1.15. The van der Waals surface area contributed by atoms with Gasteiger partial charge >= 0.3 is 0 Å². The zero-order valence-electron chi connectivity index (χ0n) is 8.95. The van der Waals surface area contributed by atoms with Gasteiger partial charge in [-0.05, 0) is 22.8 Å². The lowest BCUT2D eigenvalue weighted by Gasteiger charge is -2.05. The van der Waals surface area contributed by atoms with Gasteiger partial charge in [-0.3, -0.25) is 0 Å². The Morgan fingerprint density at radius 1 is 1.07 bits per heavy atom. The molecule has 0 unspecified atom stereocenters. The minimum atomic E-state index is -0.0245. The topological polar surface area (TPSA) is 0 Å². The molecule has 0 amide bonds. The van der Waals surface area contributed by atoms with Crippen molar-refractivity contribution in [1.82, 2.24) is 0 Å². The molecule has 0 heterocycles. The van der Waals surface area contributed by atoms with Crippen LogP contribution in [0.2, 0.25) is 6.04 Å². The van der Waals surface area contributed by atoms with Gasteiger partial charge in [-0.1, -0.05) is 48.5 Å². The monoisotopic (exact) mass is 212 g/mol. The van der Waals surface area contributed by atoms with Gasteiger partial charge in [0.1, 0.15) is 0 Å². The van der Waals surface area contributed by atoms with Crippen LogP contribution in [-0.4, -0.2) is 9.52 Å². The Balaban J connectivity index is 2.30. The van der Waals surface area contributed by atoms with Gasteiger partial charge < -0.3 is 0 Å². The fourth-order valence-corrected chi connectivity index (χ4v) is 2.82. The predicted molar refractivity (Wildman–Crippen MR) is 71.2 cm³/mol. The smallest absolute Gasteiger partial charge is 0.0449 e. The molecule has 2 aromatic carbocycles. The van der Waals surface area contributed by atoms with E-state index in [0.717, 1.165) is 0 Å². The third-order valence-corrected chi connectivity index (χ3v) is 3.90. The second-order valence-corrected chi connectivity index (χ2v) is 5.68. The average Bonchev–Trinajstić information content (AvgIpc) is 2.30. The first-order valence-corrected chi connectivity index (χ1v) is 7.31. The highest BCUT2D eigenvalue weighted by molar-refractivity contribution is 6.41. The highest BCUT2D eigenvalue weighted by atomic mass is 28.2. The summed E-state index contributed by atoms with van der Waals surface area (Å²) in [6, 6.07) is 16.6. The lowest BCUT2D eigenvalue weighted by atomic mass is 10.0. The molecule has 0 nitrogen and oxygen atoms in total. The Kier molecular flexibility index (Phi) is 3.35. The number of benzene rings is 2. The van der Waals surface area contributed by atoms with E-state index in [1.54, 1.807) is 0 Å². The van der Waals surface area contributed by atoms with Gasteiger partial charge in [-0.15, -0.1) is 12.3 Å². The first kappa shape index (κ1) is 10.2. The van der Waals surface area contributed by atoms with Gasteiger partial charge in [0.2, 0.25) is 0 Å². The minimum Gasteiger partial charge on any atom is -0.109 e. The molecule has 0 N–H and O–H groups in total. The van der Waals surface area contributed by atoms with Crippen molar-refractivity contribution in [3.05, 3.63) is 60.3 Å². The number of aryl methyl sites for hydroxylation is 1. The molecule has 0 atom stereocenters. The molecule has 0 fully saturated rings. The van der Waals surface area contributed by atoms with Crippen LogP contribution in [0.5, 0.6) is 0 Å². The van der Waals surface area contributed by atoms with Crippen molar-refractivity contribution in [2.75, 3.05) is 0 Å². The lowest BCUT2D eigenvalue weighted by Crippen LogP contribution is -1.90. The van der Waals surface area contributed by atoms with Crippen LogP contribution < -0.4 is 0 Å². The normalized spacial score (nSPS) is 11.2. The maximum atomic E-state index is 3.82. The molecule has 0 saturated carbocycles. The minimum absolute atomic E-state index is 0.0245. The average molecular weight is 212 g/mol. The second kappa shape index (κ2) is 4.94. The first-order valence-electron chi connectivity index (χ1n) is 5.49. The van der Waals surface area contributed by atoms with E-state index in [1.165, 1.54) is 28.8 Å². The Hall–Kier alpha value is -1.34. The summed E-state index contributed by atoms with van der Waals surface area (Å²) >= 11 is 0. The van der Waals surface area contributed by atoms with Gasteiger partial charge in [0.05, 0.1) is 0 Å². The predicted octanol–water partition coefficient (Wildman–Crippen LogP) is 3.11. The Bertz CT molecular complexity index is 454. The van der Waals surface area contributed by atoms with Crippen molar-refractivity contribution in [1.29, 1.82) is 0 Å². The van der Waals surface area contributed by atoms with Gasteiger partial charge in [-0.2, -0.15) is 0 Å².